The second kappa shape index (κ2) is 7.19. The largest absolute Gasteiger partial charge is 0.378 e. The van der Waals surface area contributed by atoms with Crippen molar-refractivity contribution in [2.24, 2.45) is 0 Å². The third kappa shape index (κ3) is 3.84. The van der Waals surface area contributed by atoms with Crippen molar-refractivity contribution < 1.29 is 13.2 Å². The molecule has 1 aliphatic heterocycles. The van der Waals surface area contributed by atoms with Crippen LogP contribution in [0.15, 0.2) is 11.0 Å². The summed E-state index contributed by atoms with van der Waals surface area (Å²) < 4.78 is 32.5. The molecule has 2 heterocycles. The summed E-state index contributed by atoms with van der Waals surface area (Å²) in [7, 11) is -3.42. The van der Waals surface area contributed by atoms with Crippen LogP contribution in [0.4, 0.5) is 0 Å². The highest BCUT2D eigenvalue weighted by Gasteiger charge is 2.33. The minimum Gasteiger partial charge on any atom is -0.378 e. The summed E-state index contributed by atoms with van der Waals surface area (Å²) in [5, 5.41) is 3.31. The van der Waals surface area contributed by atoms with E-state index in [2.05, 4.69) is 12.2 Å². The third-order valence-electron chi connectivity index (χ3n) is 3.54. The van der Waals surface area contributed by atoms with Crippen molar-refractivity contribution in [2.45, 2.75) is 44.7 Å². The Kier molecular flexibility index (Phi) is 5.79. The number of aryl methyl sites for hydroxylation is 1. The minimum absolute atomic E-state index is 0.107. The molecule has 0 bridgehead atoms. The summed E-state index contributed by atoms with van der Waals surface area (Å²) in [4.78, 5) is 2.39. The topological polar surface area (TPSA) is 58.6 Å². The van der Waals surface area contributed by atoms with Crippen molar-refractivity contribution in [1.82, 2.24) is 9.62 Å². The molecule has 0 radical (unpaired) electrons. The molecule has 1 aromatic heterocycles. The SMILES string of the molecule is CCCNCc1cc(S(=O)(=O)N2CCOCC2C)c(C)s1. The third-order valence-corrected chi connectivity index (χ3v) is 6.86. The zero-order valence-corrected chi connectivity index (χ0v) is 14.5. The number of hydrogen-bond donors (Lipinski definition) is 1. The fourth-order valence-corrected chi connectivity index (χ4v) is 5.63. The van der Waals surface area contributed by atoms with Crippen molar-refractivity contribution in [3.8, 4) is 0 Å². The van der Waals surface area contributed by atoms with E-state index in [4.69, 9.17) is 4.74 Å². The Morgan fingerprint density at radius 2 is 2.29 bits per heavy atom. The molecule has 2 rings (SSSR count). The van der Waals surface area contributed by atoms with Crippen LogP contribution in [0.5, 0.6) is 0 Å². The van der Waals surface area contributed by atoms with E-state index in [1.807, 2.05) is 19.9 Å². The Balaban J connectivity index is 2.19. The summed E-state index contributed by atoms with van der Waals surface area (Å²) in [6.07, 6.45) is 1.07. The van der Waals surface area contributed by atoms with Crippen molar-refractivity contribution in [3.05, 3.63) is 15.8 Å². The number of sulfonamides is 1. The van der Waals surface area contributed by atoms with E-state index in [0.717, 1.165) is 29.3 Å². The Bertz CT molecular complexity index is 569. The second-order valence-corrected chi connectivity index (χ2v) is 8.55. The Morgan fingerprint density at radius 3 is 2.95 bits per heavy atom. The quantitative estimate of drug-likeness (QED) is 0.809. The maximum absolute atomic E-state index is 12.8. The molecular weight excluding hydrogens is 308 g/mol. The van der Waals surface area contributed by atoms with Gasteiger partial charge in [0.25, 0.3) is 0 Å². The highest BCUT2D eigenvalue weighted by Crippen LogP contribution is 2.29. The van der Waals surface area contributed by atoms with Crippen molar-refractivity contribution in [2.75, 3.05) is 26.3 Å². The summed E-state index contributed by atoms with van der Waals surface area (Å²) in [6, 6.07) is 1.71. The fourth-order valence-electron chi connectivity index (χ4n) is 2.45. The molecule has 0 saturated carbocycles. The van der Waals surface area contributed by atoms with E-state index in [1.165, 1.54) is 0 Å². The highest BCUT2D eigenvalue weighted by molar-refractivity contribution is 7.89. The van der Waals surface area contributed by atoms with Crippen molar-refractivity contribution in [3.63, 3.8) is 0 Å². The molecule has 120 valence electrons. The van der Waals surface area contributed by atoms with Gasteiger partial charge in [-0.25, -0.2) is 8.42 Å². The van der Waals surface area contributed by atoms with Gasteiger partial charge in [0.2, 0.25) is 10.0 Å². The number of nitrogens with one attached hydrogen (secondary N) is 1. The maximum atomic E-state index is 12.8. The van der Waals surface area contributed by atoms with Gasteiger partial charge in [-0.3, -0.25) is 0 Å². The lowest BCUT2D eigenvalue weighted by Gasteiger charge is -2.32. The molecule has 1 fully saturated rings. The van der Waals surface area contributed by atoms with Crippen LogP contribution >= 0.6 is 11.3 Å². The first-order chi connectivity index (χ1) is 9.96. The number of ether oxygens (including phenoxy) is 1. The predicted octanol–water partition coefficient (Wildman–Crippen LogP) is 1.97. The number of hydrogen-bond acceptors (Lipinski definition) is 5. The number of thiophene rings is 1. The molecule has 21 heavy (non-hydrogen) atoms. The second-order valence-electron chi connectivity index (χ2n) is 5.35. The molecule has 1 aromatic rings. The van der Waals surface area contributed by atoms with Gasteiger partial charge in [-0.15, -0.1) is 11.3 Å². The van der Waals surface area contributed by atoms with E-state index in [-0.39, 0.29) is 6.04 Å². The molecule has 1 N–H and O–H groups in total. The molecule has 1 unspecified atom stereocenters. The van der Waals surface area contributed by atoms with Gasteiger partial charge in [-0.1, -0.05) is 6.92 Å². The monoisotopic (exact) mass is 332 g/mol. The average molecular weight is 332 g/mol. The van der Waals surface area contributed by atoms with E-state index in [9.17, 15) is 8.42 Å². The normalized spacial score (nSPS) is 20.8. The molecule has 1 saturated heterocycles. The highest BCUT2D eigenvalue weighted by atomic mass is 32.2. The Labute approximate surface area is 131 Å². The van der Waals surface area contributed by atoms with Gasteiger partial charge >= 0.3 is 0 Å². The van der Waals surface area contributed by atoms with Crippen LogP contribution in [-0.4, -0.2) is 45.1 Å². The summed E-state index contributed by atoms with van der Waals surface area (Å²) >= 11 is 1.56. The molecule has 7 heteroatoms. The maximum Gasteiger partial charge on any atom is 0.244 e. The zero-order valence-electron chi connectivity index (χ0n) is 12.9. The molecule has 1 aliphatic rings. The minimum atomic E-state index is -3.42. The van der Waals surface area contributed by atoms with E-state index >= 15 is 0 Å². The molecule has 0 aromatic carbocycles. The summed E-state index contributed by atoms with van der Waals surface area (Å²) in [5.74, 6) is 0. The van der Waals surface area contributed by atoms with Gasteiger partial charge in [0.05, 0.1) is 18.1 Å². The molecule has 1 atom stereocenters. The average Bonchev–Trinajstić information content (AvgIpc) is 2.81. The number of rotatable bonds is 6. The predicted molar refractivity (Wildman–Crippen MR) is 85.2 cm³/mol. The van der Waals surface area contributed by atoms with Gasteiger partial charge in [-0.05, 0) is 32.9 Å². The van der Waals surface area contributed by atoms with Gasteiger partial charge < -0.3 is 10.1 Å². The standard InChI is InChI=1S/C14H24N2O3S2/c1-4-5-15-9-13-8-14(12(3)20-13)21(17,18)16-6-7-19-10-11(16)2/h8,11,15H,4-7,9-10H2,1-3H3. The van der Waals surface area contributed by atoms with Crippen LogP contribution in [0, 0.1) is 6.92 Å². The van der Waals surface area contributed by atoms with Gasteiger partial charge in [-0.2, -0.15) is 4.31 Å². The van der Waals surface area contributed by atoms with Crippen LogP contribution in [-0.2, 0) is 21.3 Å². The van der Waals surface area contributed by atoms with E-state index in [1.54, 1.807) is 15.6 Å². The number of nitrogens with zero attached hydrogens (tertiary/aromatic N) is 1. The van der Waals surface area contributed by atoms with Crippen molar-refractivity contribution >= 4 is 21.4 Å². The van der Waals surface area contributed by atoms with Crippen LogP contribution in [0.25, 0.3) is 0 Å². The molecule has 5 nitrogen and oxygen atoms in total. The first-order valence-electron chi connectivity index (χ1n) is 7.36. The first kappa shape index (κ1) is 16.9. The van der Waals surface area contributed by atoms with Gasteiger partial charge in [0, 0.05) is 28.9 Å². The Hall–Kier alpha value is -0.470. The molecule has 0 aliphatic carbocycles. The van der Waals surface area contributed by atoms with Gasteiger partial charge in [0.1, 0.15) is 0 Å². The molecule has 0 spiro atoms. The molecular formula is C14H24N2O3S2. The van der Waals surface area contributed by atoms with Crippen LogP contribution in [0.1, 0.15) is 30.0 Å². The van der Waals surface area contributed by atoms with E-state index in [0.29, 0.717) is 24.7 Å². The lowest BCUT2D eigenvalue weighted by molar-refractivity contribution is 0.0392. The van der Waals surface area contributed by atoms with Crippen LogP contribution < -0.4 is 5.32 Å². The summed E-state index contributed by atoms with van der Waals surface area (Å²) in [5.41, 5.74) is 0. The molecule has 0 amide bonds. The summed E-state index contributed by atoms with van der Waals surface area (Å²) in [6.45, 7) is 8.93. The smallest absolute Gasteiger partial charge is 0.244 e. The fraction of sp³-hybridized carbons (Fsp3) is 0.714. The van der Waals surface area contributed by atoms with Crippen LogP contribution in [0.2, 0.25) is 0 Å². The Morgan fingerprint density at radius 1 is 1.52 bits per heavy atom. The van der Waals surface area contributed by atoms with Crippen molar-refractivity contribution in [1.29, 1.82) is 0 Å². The van der Waals surface area contributed by atoms with Gasteiger partial charge in [0.15, 0.2) is 0 Å². The lowest BCUT2D eigenvalue weighted by Crippen LogP contribution is -2.46. The lowest BCUT2D eigenvalue weighted by atomic mass is 10.3. The zero-order chi connectivity index (χ0) is 15.5. The van der Waals surface area contributed by atoms with Crippen LogP contribution in [0.3, 0.4) is 0 Å². The first-order valence-corrected chi connectivity index (χ1v) is 9.62. The van der Waals surface area contributed by atoms with E-state index < -0.39 is 10.0 Å². The number of morpholine rings is 1.